The number of aromatic nitrogens is 5. The van der Waals surface area contributed by atoms with E-state index < -0.39 is 44.2 Å². The van der Waals surface area contributed by atoms with Crippen LogP contribution >= 0.6 is 0 Å². The lowest BCUT2D eigenvalue weighted by atomic mass is 10.2. The molecule has 14 heteroatoms. The quantitative estimate of drug-likeness (QED) is 0.332. The Bertz CT molecular complexity index is 1560. The van der Waals surface area contributed by atoms with Crippen LogP contribution in [-0.4, -0.2) is 40.7 Å². The minimum Gasteiger partial charge on any atom is -0.480 e. The van der Waals surface area contributed by atoms with Crippen molar-refractivity contribution in [1.29, 1.82) is 0 Å². The molecular formula is C20H12F4N6O3S. The number of hydrogen-bond acceptors (Lipinski definition) is 7. The molecule has 4 heterocycles. The van der Waals surface area contributed by atoms with E-state index in [4.69, 9.17) is 4.74 Å². The minimum atomic E-state index is -4.86. The first-order valence-electron chi connectivity index (χ1n) is 9.18. The van der Waals surface area contributed by atoms with Crippen LogP contribution in [0.15, 0.2) is 47.9 Å². The summed E-state index contributed by atoms with van der Waals surface area (Å²) >= 11 is 0. The Morgan fingerprint density at radius 3 is 2.62 bits per heavy atom. The van der Waals surface area contributed by atoms with E-state index in [1.54, 1.807) is 6.07 Å². The van der Waals surface area contributed by atoms with Gasteiger partial charge in [-0.1, -0.05) is 11.8 Å². The Labute approximate surface area is 189 Å². The molecule has 0 bridgehead atoms. The summed E-state index contributed by atoms with van der Waals surface area (Å²) in [6, 6.07) is 3.19. The molecule has 0 spiro atoms. The summed E-state index contributed by atoms with van der Waals surface area (Å²) in [5, 5.41) is 7.19. The highest BCUT2D eigenvalue weighted by molar-refractivity contribution is 7.92. The maximum Gasteiger partial charge on any atom is 0.417 e. The molecule has 0 amide bonds. The molecule has 0 aliphatic rings. The second-order valence-electron chi connectivity index (χ2n) is 6.64. The van der Waals surface area contributed by atoms with Crippen molar-refractivity contribution >= 4 is 26.9 Å². The predicted molar refractivity (Wildman–Crippen MR) is 111 cm³/mol. The first-order chi connectivity index (χ1) is 16.1. The predicted octanol–water partition coefficient (Wildman–Crippen LogP) is 3.12. The third kappa shape index (κ3) is 4.59. The van der Waals surface area contributed by atoms with Gasteiger partial charge in [0.1, 0.15) is 4.90 Å². The Morgan fingerprint density at radius 1 is 1.09 bits per heavy atom. The van der Waals surface area contributed by atoms with Gasteiger partial charge in [-0.15, -0.1) is 0 Å². The summed E-state index contributed by atoms with van der Waals surface area (Å²) in [4.78, 5) is 10.2. The average molecular weight is 492 g/mol. The van der Waals surface area contributed by atoms with Gasteiger partial charge in [0.25, 0.3) is 10.0 Å². The Hall–Kier alpha value is -4.25. The maximum absolute atomic E-state index is 14.9. The number of sulfonamides is 1. The largest absolute Gasteiger partial charge is 0.480 e. The van der Waals surface area contributed by atoms with Crippen molar-refractivity contribution in [3.8, 4) is 17.7 Å². The van der Waals surface area contributed by atoms with Gasteiger partial charge in [0, 0.05) is 29.5 Å². The lowest BCUT2D eigenvalue weighted by molar-refractivity contribution is -0.138. The van der Waals surface area contributed by atoms with Crippen LogP contribution in [0, 0.1) is 17.7 Å². The van der Waals surface area contributed by atoms with Crippen LogP contribution in [0.3, 0.4) is 0 Å². The summed E-state index contributed by atoms with van der Waals surface area (Å²) in [7, 11) is -3.74. The van der Waals surface area contributed by atoms with Gasteiger partial charge in [-0.3, -0.25) is 9.82 Å². The van der Waals surface area contributed by atoms with Crippen LogP contribution < -0.4 is 9.46 Å². The second kappa shape index (κ2) is 8.60. The molecule has 174 valence electrons. The highest BCUT2D eigenvalue weighted by Gasteiger charge is 2.34. The summed E-state index contributed by atoms with van der Waals surface area (Å²) in [5.41, 5.74) is -0.567. The Morgan fingerprint density at radius 2 is 1.88 bits per heavy atom. The van der Waals surface area contributed by atoms with E-state index in [9.17, 15) is 26.0 Å². The fourth-order valence-electron chi connectivity index (χ4n) is 2.77. The van der Waals surface area contributed by atoms with Crippen LogP contribution in [0.5, 0.6) is 5.88 Å². The van der Waals surface area contributed by atoms with Crippen molar-refractivity contribution in [3.05, 3.63) is 65.5 Å². The molecule has 4 rings (SSSR count). The number of aromatic amines is 1. The number of ether oxygens (including phenoxy) is 1. The highest BCUT2D eigenvalue weighted by Crippen LogP contribution is 2.33. The zero-order valence-corrected chi connectivity index (χ0v) is 17.8. The van der Waals surface area contributed by atoms with Crippen LogP contribution in [0.2, 0.25) is 0 Å². The molecule has 4 aromatic rings. The standard InChI is InChI=1S/C20H12F4N6O3S/c1-33-19-15(7-14(10-27-19)20(22,23)24)34(31,32)30-18-16(21)12(4-5-25-18)3-2-11-6-13-9-28-29-17(13)26-8-11/h4-10H,1H3,(H,25,30)(H,26,28,29). The topological polar surface area (TPSA) is 123 Å². The summed E-state index contributed by atoms with van der Waals surface area (Å²) in [5.74, 6) is 2.73. The van der Waals surface area contributed by atoms with Crippen LogP contribution in [-0.2, 0) is 16.2 Å². The highest BCUT2D eigenvalue weighted by atomic mass is 32.2. The molecule has 0 saturated carbocycles. The van der Waals surface area contributed by atoms with Crippen molar-refractivity contribution in [2.45, 2.75) is 11.1 Å². The monoisotopic (exact) mass is 492 g/mol. The molecule has 4 aromatic heterocycles. The lowest BCUT2D eigenvalue weighted by Gasteiger charge is -2.13. The number of H-pyrrole nitrogens is 1. The van der Waals surface area contributed by atoms with E-state index in [0.717, 1.165) is 13.3 Å². The van der Waals surface area contributed by atoms with E-state index in [-0.39, 0.29) is 5.56 Å². The molecule has 34 heavy (non-hydrogen) atoms. The van der Waals surface area contributed by atoms with Gasteiger partial charge in [-0.2, -0.15) is 18.3 Å². The number of hydrogen-bond donors (Lipinski definition) is 2. The van der Waals surface area contributed by atoms with E-state index in [1.165, 1.54) is 18.5 Å². The van der Waals surface area contributed by atoms with E-state index in [1.807, 2.05) is 4.72 Å². The van der Waals surface area contributed by atoms with Gasteiger partial charge in [0.05, 0.1) is 24.4 Å². The molecule has 0 aromatic carbocycles. The van der Waals surface area contributed by atoms with E-state index in [2.05, 4.69) is 37.0 Å². The van der Waals surface area contributed by atoms with Crippen molar-refractivity contribution in [2.24, 2.45) is 0 Å². The van der Waals surface area contributed by atoms with Gasteiger partial charge in [-0.25, -0.2) is 27.8 Å². The number of nitrogens with one attached hydrogen (secondary N) is 2. The second-order valence-corrected chi connectivity index (χ2v) is 8.29. The Balaban J connectivity index is 1.67. The molecule has 9 nitrogen and oxygen atoms in total. The molecule has 0 unspecified atom stereocenters. The summed E-state index contributed by atoms with van der Waals surface area (Å²) < 4.78 is 86.1. The van der Waals surface area contributed by atoms with Crippen molar-refractivity contribution in [2.75, 3.05) is 11.8 Å². The van der Waals surface area contributed by atoms with E-state index >= 15 is 0 Å². The summed E-state index contributed by atoms with van der Waals surface area (Å²) in [6.07, 6.45) is -0.392. The molecule has 0 fully saturated rings. The molecule has 0 atom stereocenters. The van der Waals surface area contributed by atoms with Crippen LogP contribution in [0.1, 0.15) is 16.7 Å². The maximum atomic E-state index is 14.9. The number of rotatable bonds is 4. The van der Waals surface area contributed by atoms with Crippen molar-refractivity contribution in [1.82, 2.24) is 25.1 Å². The number of fused-ring (bicyclic) bond motifs is 1. The number of anilines is 1. The first-order valence-corrected chi connectivity index (χ1v) is 10.7. The summed E-state index contributed by atoms with van der Waals surface area (Å²) in [6.45, 7) is 0. The van der Waals surface area contributed by atoms with Gasteiger partial charge >= 0.3 is 6.18 Å². The fourth-order valence-corrected chi connectivity index (χ4v) is 3.93. The SMILES string of the molecule is COc1ncc(C(F)(F)F)cc1S(=O)(=O)Nc1nccc(C#Cc2cnc3[nH]ncc3c2)c1F. The smallest absolute Gasteiger partial charge is 0.417 e. The normalized spacial score (nSPS) is 11.7. The zero-order chi connectivity index (χ0) is 24.5. The van der Waals surface area contributed by atoms with Crippen LogP contribution in [0.25, 0.3) is 11.0 Å². The minimum absolute atomic E-state index is 0.214. The molecular weight excluding hydrogens is 480 g/mol. The Kier molecular flexibility index (Phi) is 5.80. The van der Waals surface area contributed by atoms with E-state index in [0.29, 0.717) is 28.9 Å². The number of nitrogens with zero attached hydrogens (tertiary/aromatic N) is 4. The van der Waals surface area contributed by atoms with Gasteiger partial charge < -0.3 is 4.74 Å². The molecule has 0 radical (unpaired) electrons. The average Bonchev–Trinajstić information content (AvgIpc) is 3.26. The lowest BCUT2D eigenvalue weighted by Crippen LogP contribution is -2.18. The molecule has 0 saturated heterocycles. The zero-order valence-electron chi connectivity index (χ0n) is 17.0. The van der Waals surface area contributed by atoms with Crippen molar-refractivity contribution < 1.29 is 30.7 Å². The molecule has 2 N–H and O–H groups in total. The number of alkyl halides is 3. The van der Waals surface area contributed by atoms with Gasteiger partial charge in [0.15, 0.2) is 17.3 Å². The third-order valence-corrected chi connectivity index (χ3v) is 5.72. The number of pyridine rings is 3. The third-order valence-electron chi connectivity index (χ3n) is 4.38. The molecule has 0 aliphatic carbocycles. The van der Waals surface area contributed by atoms with Gasteiger partial charge in [-0.05, 0) is 18.2 Å². The van der Waals surface area contributed by atoms with Crippen molar-refractivity contribution in [3.63, 3.8) is 0 Å². The number of methoxy groups -OCH3 is 1. The fraction of sp³-hybridized carbons (Fsp3) is 0.100. The van der Waals surface area contributed by atoms with Crippen LogP contribution in [0.4, 0.5) is 23.4 Å². The molecule has 0 aliphatic heterocycles. The number of halogens is 4. The van der Waals surface area contributed by atoms with Gasteiger partial charge in [0.2, 0.25) is 5.88 Å². The first kappa shape index (κ1) is 22.9.